The number of sulfone groups is 1. The average Bonchev–Trinajstić information content (AvgIpc) is 2.55. The Morgan fingerprint density at radius 2 is 1.78 bits per heavy atom. The van der Waals surface area contributed by atoms with Crippen LogP contribution in [0.25, 0.3) is 0 Å². The summed E-state index contributed by atoms with van der Waals surface area (Å²) in [5, 5.41) is 11.7. The predicted molar refractivity (Wildman–Crippen MR) is 87.9 cm³/mol. The molecule has 0 unspecified atom stereocenters. The van der Waals surface area contributed by atoms with Crippen LogP contribution in [-0.2, 0) is 9.84 Å². The highest BCUT2D eigenvalue weighted by Gasteiger charge is 2.21. The molecule has 0 aliphatic rings. The molecule has 0 saturated carbocycles. The van der Waals surface area contributed by atoms with Crippen molar-refractivity contribution in [3.8, 4) is 6.07 Å². The maximum absolute atomic E-state index is 12.5. The summed E-state index contributed by atoms with van der Waals surface area (Å²) >= 11 is 0. The van der Waals surface area contributed by atoms with E-state index in [1.807, 2.05) is 6.07 Å². The predicted octanol–water partition coefficient (Wildman–Crippen LogP) is 2.99. The van der Waals surface area contributed by atoms with Crippen LogP contribution in [0.2, 0.25) is 0 Å². The molecule has 6 heteroatoms. The van der Waals surface area contributed by atoms with Gasteiger partial charge in [-0.3, -0.25) is 4.79 Å². The van der Waals surface area contributed by atoms with Gasteiger partial charge in [-0.25, -0.2) is 8.42 Å². The molecule has 0 aliphatic heterocycles. The minimum absolute atomic E-state index is 0.00814. The van der Waals surface area contributed by atoms with Gasteiger partial charge in [0.05, 0.1) is 27.5 Å². The Labute approximate surface area is 135 Å². The van der Waals surface area contributed by atoms with E-state index in [-0.39, 0.29) is 16.2 Å². The molecule has 0 radical (unpaired) electrons. The van der Waals surface area contributed by atoms with Crippen LogP contribution in [0.1, 0.15) is 29.3 Å². The van der Waals surface area contributed by atoms with Crippen molar-refractivity contribution in [3.05, 3.63) is 59.7 Å². The molecule has 5 nitrogen and oxygen atoms in total. The van der Waals surface area contributed by atoms with Crippen molar-refractivity contribution < 1.29 is 13.2 Å². The van der Waals surface area contributed by atoms with Crippen molar-refractivity contribution in [2.45, 2.75) is 18.2 Å². The van der Waals surface area contributed by atoms with Crippen LogP contribution < -0.4 is 5.32 Å². The van der Waals surface area contributed by atoms with Gasteiger partial charge in [0, 0.05) is 0 Å². The summed E-state index contributed by atoms with van der Waals surface area (Å²) in [6, 6.07) is 14.6. The summed E-state index contributed by atoms with van der Waals surface area (Å²) < 4.78 is 24.6. The number of para-hydroxylation sites is 1. The largest absolute Gasteiger partial charge is 0.321 e. The Balaban J connectivity index is 2.40. The van der Waals surface area contributed by atoms with E-state index in [4.69, 9.17) is 5.26 Å². The number of carbonyl (C=O) groups is 1. The van der Waals surface area contributed by atoms with Crippen LogP contribution >= 0.6 is 0 Å². The van der Waals surface area contributed by atoms with E-state index in [2.05, 4.69) is 5.32 Å². The first-order valence-electron chi connectivity index (χ1n) is 7.12. The molecule has 0 aliphatic carbocycles. The Kier molecular flexibility index (Phi) is 5.14. The molecule has 2 aromatic carbocycles. The van der Waals surface area contributed by atoms with Crippen molar-refractivity contribution in [1.82, 2.24) is 0 Å². The number of nitrogens with zero attached hydrogens (tertiary/aromatic N) is 1. The molecule has 2 aromatic rings. The van der Waals surface area contributed by atoms with Crippen LogP contribution in [0.3, 0.4) is 0 Å². The molecule has 23 heavy (non-hydrogen) atoms. The molecular formula is C17H16N2O3S. The molecule has 0 bridgehead atoms. The van der Waals surface area contributed by atoms with Crippen LogP contribution in [0.4, 0.5) is 5.69 Å². The lowest BCUT2D eigenvalue weighted by molar-refractivity contribution is 0.102. The second-order valence-corrected chi connectivity index (χ2v) is 7.00. The molecule has 0 heterocycles. The Morgan fingerprint density at radius 1 is 1.13 bits per heavy atom. The highest BCUT2D eigenvalue weighted by Crippen LogP contribution is 2.20. The molecule has 0 spiro atoms. The van der Waals surface area contributed by atoms with Gasteiger partial charge in [-0.1, -0.05) is 31.2 Å². The highest BCUT2D eigenvalue weighted by molar-refractivity contribution is 7.91. The van der Waals surface area contributed by atoms with Gasteiger partial charge in [-0.05, 0) is 30.7 Å². The summed E-state index contributed by atoms with van der Waals surface area (Å²) in [7, 11) is -3.52. The maximum atomic E-state index is 12.5. The lowest BCUT2D eigenvalue weighted by atomic mass is 10.1. The SMILES string of the molecule is CCCS(=O)(=O)c1ccccc1C(=O)Nc1ccccc1C#N. The van der Waals surface area contributed by atoms with Crippen molar-refractivity contribution in [2.24, 2.45) is 0 Å². The van der Waals surface area contributed by atoms with E-state index in [1.165, 1.54) is 12.1 Å². The number of anilines is 1. The van der Waals surface area contributed by atoms with E-state index < -0.39 is 15.7 Å². The lowest BCUT2D eigenvalue weighted by Gasteiger charge is -2.11. The molecule has 1 N–H and O–H groups in total. The van der Waals surface area contributed by atoms with Gasteiger partial charge in [0.15, 0.2) is 9.84 Å². The quantitative estimate of drug-likeness (QED) is 0.914. The number of nitrogens with one attached hydrogen (secondary N) is 1. The van der Waals surface area contributed by atoms with E-state index >= 15 is 0 Å². The molecule has 118 valence electrons. The molecule has 1 amide bonds. The first-order valence-corrected chi connectivity index (χ1v) is 8.77. The first kappa shape index (κ1) is 16.7. The number of carbonyl (C=O) groups excluding carboxylic acids is 1. The summed E-state index contributed by atoms with van der Waals surface area (Å²) in [4.78, 5) is 12.5. The normalized spacial score (nSPS) is 10.8. The first-order chi connectivity index (χ1) is 11.0. The number of hydrogen-bond donors (Lipinski definition) is 1. The van der Waals surface area contributed by atoms with Gasteiger partial charge in [-0.15, -0.1) is 0 Å². The van der Waals surface area contributed by atoms with Gasteiger partial charge < -0.3 is 5.32 Å². The minimum atomic E-state index is -3.52. The fourth-order valence-electron chi connectivity index (χ4n) is 2.18. The van der Waals surface area contributed by atoms with Gasteiger partial charge in [0.2, 0.25) is 0 Å². The number of hydrogen-bond acceptors (Lipinski definition) is 4. The summed E-state index contributed by atoms with van der Waals surface area (Å²) in [5.74, 6) is -0.575. The molecule has 0 atom stereocenters. The van der Waals surface area contributed by atoms with Gasteiger partial charge in [0.1, 0.15) is 6.07 Å². The summed E-state index contributed by atoms with van der Waals surface area (Å²) in [6.07, 6.45) is 0.468. The second-order valence-electron chi connectivity index (χ2n) is 4.93. The summed E-state index contributed by atoms with van der Waals surface area (Å²) in [6.45, 7) is 1.77. The van der Waals surface area contributed by atoms with Crippen molar-refractivity contribution in [2.75, 3.05) is 11.1 Å². The Bertz CT molecular complexity index is 867. The third kappa shape index (κ3) is 3.76. The van der Waals surface area contributed by atoms with Crippen LogP contribution in [0, 0.1) is 11.3 Å². The molecule has 0 aromatic heterocycles. The summed E-state index contributed by atoms with van der Waals surface area (Å²) in [5.41, 5.74) is 0.742. The zero-order valence-corrected chi connectivity index (χ0v) is 13.4. The average molecular weight is 328 g/mol. The minimum Gasteiger partial charge on any atom is -0.321 e. The standard InChI is InChI=1S/C17H16N2O3S/c1-2-11-23(21,22)16-10-6-4-8-14(16)17(20)19-15-9-5-3-7-13(15)12-18/h3-10H,2,11H2,1H3,(H,19,20). The molecule has 0 fully saturated rings. The lowest BCUT2D eigenvalue weighted by Crippen LogP contribution is -2.18. The molecule has 2 rings (SSSR count). The highest BCUT2D eigenvalue weighted by atomic mass is 32.2. The maximum Gasteiger partial charge on any atom is 0.257 e. The van der Waals surface area contributed by atoms with E-state index in [0.717, 1.165) is 0 Å². The van der Waals surface area contributed by atoms with E-state index in [9.17, 15) is 13.2 Å². The zero-order chi connectivity index (χ0) is 16.9. The monoisotopic (exact) mass is 328 g/mol. The Hall–Kier alpha value is -2.65. The van der Waals surface area contributed by atoms with Gasteiger partial charge in [-0.2, -0.15) is 5.26 Å². The number of benzene rings is 2. The second kappa shape index (κ2) is 7.07. The fourth-order valence-corrected chi connectivity index (χ4v) is 3.72. The zero-order valence-electron chi connectivity index (χ0n) is 12.6. The molecule has 0 saturated heterocycles. The fraction of sp³-hybridized carbons (Fsp3) is 0.176. The van der Waals surface area contributed by atoms with E-state index in [0.29, 0.717) is 17.7 Å². The van der Waals surface area contributed by atoms with E-state index in [1.54, 1.807) is 43.3 Å². The number of rotatable bonds is 5. The van der Waals surface area contributed by atoms with Gasteiger partial charge in [0.25, 0.3) is 5.91 Å². The Morgan fingerprint density at radius 3 is 2.48 bits per heavy atom. The van der Waals surface area contributed by atoms with Crippen molar-refractivity contribution in [3.63, 3.8) is 0 Å². The third-order valence-corrected chi connectivity index (χ3v) is 5.21. The van der Waals surface area contributed by atoms with Crippen LogP contribution in [-0.4, -0.2) is 20.1 Å². The van der Waals surface area contributed by atoms with Crippen molar-refractivity contribution in [1.29, 1.82) is 5.26 Å². The van der Waals surface area contributed by atoms with Crippen molar-refractivity contribution >= 4 is 21.4 Å². The smallest absolute Gasteiger partial charge is 0.257 e. The van der Waals surface area contributed by atoms with Gasteiger partial charge >= 0.3 is 0 Å². The van der Waals surface area contributed by atoms with Crippen LogP contribution in [0.5, 0.6) is 0 Å². The third-order valence-electron chi connectivity index (χ3n) is 3.24. The van der Waals surface area contributed by atoms with Crippen LogP contribution in [0.15, 0.2) is 53.4 Å². The topological polar surface area (TPSA) is 87.0 Å². The number of amides is 1. The molecular weight excluding hydrogens is 312 g/mol. The number of nitriles is 1.